The van der Waals surface area contributed by atoms with Crippen molar-refractivity contribution < 1.29 is 9.59 Å². The van der Waals surface area contributed by atoms with Crippen LogP contribution in [0.2, 0.25) is 0 Å². The Morgan fingerprint density at radius 1 is 0.981 bits per heavy atom. The van der Waals surface area contributed by atoms with Crippen molar-refractivity contribution in [2.24, 2.45) is 5.92 Å². The number of nitrogens with one attached hydrogen (secondary N) is 2. The summed E-state index contributed by atoms with van der Waals surface area (Å²) >= 11 is 1.68. The van der Waals surface area contributed by atoms with Crippen LogP contribution in [0.25, 0.3) is 27.5 Å². The molecule has 13 nitrogen and oxygen atoms in total. The maximum Gasteiger partial charge on any atom is 0.234 e. The first-order chi connectivity index (χ1) is 26.4. The fraction of sp³-hybridized carbons (Fsp3) is 0.450. The summed E-state index contributed by atoms with van der Waals surface area (Å²) in [4.78, 5) is 38.4. The van der Waals surface area contributed by atoms with Crippen LogP contribution in [0.1, 0.15) is 86.3 Å². The molecule has 1 saturated carbocycles. The van der Waals surface area contributed by atoms with Crippen molar-refractivity contribution in [3.8, 4) is 28.0 Å². The Labute approximate surface area is 318 Å². The number of rotatable bonds is 10. The number of hydrogen-bond donors (Lipinski definition) is 2. The Balaban J connectivity index is 0.839. The first-order valence-electron chi connectivity index (χ1n) is 19.1. The minimum Gasteiger partial charge on any atom is -0.387 e. The van der Waals surface area contributed by atoms with Gasteiger partial charge in [-0.2, -0.15) is 10.4 Å². The van der Waals surface area contributed by atoms with Crippen molar-refractivity contribution in [3.63, 3.8) is 0 Å². The molecule has 8 rings (SSSR count). The maximum atomic E-state index is 12.3. The number of pyridine rings is 2. The molecule has 0 unspecified atom stereocenters. The highest BCUT2D eigenvalue weighted by molar-refractivity contribution is 7.14. The molecule has 54 heavy (non-hydrogen) atoms. The summed E-state index contributed by atoms with van der Waals surface area (Å²) in [5, 5.41) is 30.8. The molecular formula is C40H45N11O2S. The molecule has 5 aromatic heterocycles. The number of anilines is 2. The van der Waals surface area contributed by atoms with Crippen LogP contribution in [0.4, 0.5) is 11.5 Å². The van der Waals surface area contributed by atoms with E-state index in [0.717, 1.165) is 101 Å². The molecule has 14 heteroatoms. The van der Waals surface area contributed by atoms with Crippen LogP contribution in [-0.4, -0.2) is 85.8 Å². The highest BCUT2D eigenvalue weighted by Crippen LogP contribution is 2.40. The van der Waals surface area contributed by atoms with Gasteiger partial charge in [-0.25, -0.2) is 9.50 Å². The molecule has 0 aromatic carbocycles. The lowest BCUT2D eigenvalue weighted by Gasteiger charge is -2.40. The Morgan fingerprint density at radius 2 is 1.81 bits per heavy atom. The zero-order valence-corrected chi connectivity index (χ0v) is 31.6. The second-order valence-corrected chi connectivity index (χ2v) is 15.7. The van der Waals surface area contributed by atoms with E-state index in [0.29, 0.717) is 36.3 Å². The van der Waals surface area contributed by atoms with Crippen LogP contribution in [0.3, 0.4) is 0 Å². The highest BCUT2D eigenvalue weighted by atomic mass is 32.1. The number of nitriles is 1. The minimum atomic E-state index is -0.299. The van der Waals surface area contributed by atoms with Crippen LogP contribution in [0.5, 0.6) is 0 Å². The van der Waals surface area contributed by atoms with Crippen molar-refractivity contribution in [3.05, 3.63) is 71.1 Å². The van der Waals surface area contributed by atoms with Crippen LogP contribution in [0.15, 0.2) is 55.0 Å². The summed E-state index contributed by atoms with van der Waals surface area (Å²) < 4.78 is 1.80. The molecule has 3 fully saturated rings. The number of imide groups is 1. The molecule has 2 aliphatic heterocycles. The number of piperidine rings is 2. The Kier molecular flexibility index (Phi) is 10.3. The fourth-order valence-electron chi connectivity index (χ4n) is 8.44. The lowest BCUT2D eigenvalue weighted by molar-refractivity contribution is -0.134. The average molecular weight is 744 g/mol. The predicted molar refractivity (Wildman–Crippen MR) is 208 cm³/mol. The van der Waals surface area contributed by atoms with Gasteiger partial charge in [0.15, 0.2) is 5.01 Å². The molecule has 0 bridgehead atoms. The normalized spacial score (nSPS) is 21.0. The summed E-state index contributed by atoms with van der Waals surface area (Å²) in [5.74, 6) is 1.34. The van der Waals surface area contributed by atoms with Crippen molar-refractivity contribution >= 4 is 40.2 Å². The second-order valence-electron chi connectivity index (χ2n) is 14.7. The number of hydrogen-bond acceptors (Lipinski definition) is 12. The smallest absolute Gasteiger partial charge is 0.234 e. The van der Waals surface area contributed by atoms with E-state index in [1.807, 2.05) is 55.8 Å². The van der Waals surface area contributed by atoms with E-state index in [1.54, 1.807) is 22.0 Å². The van der Waals surface area contributed by atoms with Crippen molar-refractivity contribution in [1.29, 1.82) is 5.26 Å². The summed E-state index contributed by atoms with van der Waals surface area (Å²) in [6.45, 7) is 6.46. The van der Waals surface area contributed by atoms with Gasteiger partial charge in [-0.05, 0) is 93.3 Å². The number of aromatic nitrogens is 6. The lowest BCUT2D eigenvalue weighted by Crippen LogP contribution is -2.44. The molecular weight excluding hydrogens is 699 g/mol. The molecule has 2 saturated heterocycles. The molecule has 3 aliphatic rings. The van der Waals surface area contributed by atoms with Gasteiger partial charge in [-0.15, -0.1) is 10.2 Å². The van der Waals surface area contributed by atoms with E-state index < -0.39 is 0 Å². The molecule has 1 atom stereocenters. The number of carbonyl (C=O) groups excluding carboxylic acids is 2. The fourth-order valence-corrected chi connectivity index (χ4v) is 9.47. The van der Waals surface area contributed by atoms with Crippen LogP contribution in [0, 0.1) is 17.2 Å². The lowest BCUT2D eigenvalue weighted by atomic mass is 9.85. The molecule has 5 aromatic rings. The molecule has 0 spiro atoms. The third kappa shape index (κ3) is 7.30. The number of nitrogens with zero attached hydrogens (tertiary/aromatic N) is 9. The van der Waals surface area contributed by atoms with Crippen LogP contribution in [-0.2, 0) is 9.59 Å². The molecule has 1 aliphatic carbocycles. The molecule has 2 amide bonds. The molecule has 278 valence electrons. The quantitative estimate of drug-likeness (QED) is 0.162. The minimum absolute atomic E-state index is 0.193. The standard InChI is InChI=1S/C40H45N11O2S/c1-3-49(24-25-14-16-50(17-15-25)36-12-6-28(22-44-36)31-10-13-37(52)46-38(31)53)29-7-4-27(5-8-29)39-47-48-40(54-39)32-23-43-34(19-33(32)42-2)35-11-9-30-18-26(20-41)21-45-51(30)35/h6,9,11-12,18-19,21-23,25,27,29,31H,3-5,7-8,10,13-17,24H2,1-2H3,(H,42,43)(H,46,52,53)/t27-,29-,31-/m0/s1. The number of carbonyl (C=O) groups is 2. The van der Waals surface area contributed by atoms with Gasteiger partial charge in [-0.1, -0.05) is 24.3 Å². The third-order valence-corrected chi connectivity index (χ3v) is 12.7. The predicted octanol–water partition coefficient (Wildman–Crippen LogP) is 6.01. The number of fused-ring (bicyclic) bond motifs is 1. The van der Waals surface area contributed by atoms with Gasteiger partial charge in [0.05, 0.1) is 40.1 Å². The Morgan fingerprint density at radius 3 is 2.54 bits per heavy atom. The molecule has 0 radical (unpaired) electrons. The van der Waals surface area contributed by atoms with Gasteiger partial charge in [0.2, 0.25) is 11.8 Å². The van der Waals surface area contributed by atoms with Crippen molar-refractivity contribution in [2.75, 3.05) is 43.4 Å². The van der Waals surface area contributed by atoms with E-state index in [-0.39, 0.29) is 17.7 Å². The zero-order chi connectivity index (χ0) is 37.2. The summed E-state index contributed by atoms with van der Waals surface area (Å²) in [6, 6.07) is 14.5. The highest BCUT2D eigenvalue weighted by Gasteiger charge is 2.32. The maximum absolute atomic E-state index is 12.3. The third-order valence-electron chi connectivity index (χ3n) is 11.5. The second kappa shape index (κ2) is 15.6. The topological polar surface area (TPSA) is 157 Å². The van der Waals surface area contributed by atoms with E-state index in [4.69, 9.17) is 15.1 Å². The first kappa shape index (κ1) is 35.8. The van der Waals surface area contributed by atoms with Crippen LogP contribution < -0.4 is 15.5 Å². The van der Waals surface area contributed by atoms with Gasteiger partial charge >= 0.3 is 0 Å². The van der Waals surface area contributed by atoms with Crippen LogP contribution >= 0.6 is 11.3 Å². The van der Waals surface area contributed by atoms with E-state index in [2.05, 4.69) is 43.6 Å². The van der Waals surface area contributed by atoms with Gasteiger partial charge in [0, 0.05) is 63.1 Å². The summed E-state index contributed by atoms with van der Waals surface area (Å²) in [6.07, 6.45) is 13.0. The Bertz CT molecular complexity index is 2180. The van der Waals surface area contributed by atoms with Crippen molar-refractivity contribution in [2.45, 2.75) is 76.2 Å². The van der Waals surface area contributed by atoms with E-state index in [1.165, 1.54) is 12.8 Å². The van der Waals surface area contributed by atoms with E-state index >= 15 is 0 Å². The van der Waals surface area contributed by atoms with E-state index in [9.17, 15) is 14.9 Å². The van der Waals surface area contributed by atoms with Gasteiger partial charge in [-0.3, -0.25) is 19.9 Å². The average Bonchev–Trinajstić information content (AvgIpc) is 3.88. The largest absolute Gasteiger partial charge is 0.387 e. The van der Waals surface area contributed by atoms with Gasteiger partial charge < -0.3 is 15.1 Å². The van der Waals surface area contributed by atoms with Crippen molar-refractivity contribution in [1.82, 2.24) is 40.0 Å². The first-order valence-corrected chi connectivity index (χ1v) is 19.9. The molecule has 7 heterocycles. The monoisotopic (exact) mass is 743 g/mol. The number of amides is 2. The SMILES string of the molecule is CCN(CC1CCN(c2ccc([C@@H]3CCC(=O)NC3=O)cn2)CC1)[C@H]1CC[C@H](c2nnc(-c3cnc(-c4ccc5cc(C#N)cnn45)cc3NC)s2)CC1. The summed E-state index contributed by atoms with van der Waals surface area (Å²) in [5.41, 5.74) is 5.75. The Hall–Kier alpha value is -5.26. The molecule has 2 N–H and O–H groups in total. The van der Waals surface area contributed by atoms with Gasteiger partial charge in [0.25, 0.3) is 0 Å². The summed E-state index contributed by atoms with van der Waals surface area (Å²) in [7, 11) is 1.91. The zero-order valence-electron chi connectivity index (χ0n) is 30.7. The van der Waals surface area contributed by atoms with Gasteiger partial charge in [0.1, 0.15) is 16.9 Å².